The highest BCUT2D eigenvalue weighted by Gasteiger charge is 2.19. The molecule has 3 rings (SSSR count). The van der Waals surface area contributed by atoms with Gasteiger partial charge in [-0.05, 0) is 6.07 Å². The number of rotatable bonds is 5. The Hall–Kier alpha value is -3.37. The molecule has 136 valence electrons. The molecule has 0 aliphatic rings. The Balaban J connectivity index is 1.80. The van der Waals surface area contributed by atoms with Gasteiger partial charge in [-0.25, -0.2) is 5.43 Å². The maximum absolute atomic E-state index is 12.3. The fraction of sp³-hybridized carbons (Fsp3) is 0. The van der Waals surface area contributed by atoms with Crippen LogP contribution in [0.15, 0.2) is 47.6 Å². The van der Waals surface area contributed by atoms with Gasteiger partial charge in [0.15, 0.2) is 0 Å². The number of hydrazone groups is 1. The zero-order chi connectivity index (χ0) is 19.6. The number of hydrogen-bond donors (Lipinski definition) is 1. The van der Waals surface area contributed by atoms with E-state index in [2.05, 4.69) is 10.5 Å². The van der Waals surface area contributed by atoms with E-state index < -0.39 is 15.8 Å². The second kappa shape index (κ2) is 7.48. The van der Waals surface area contributed by atoms with Gasteiger partial charge in [-0.3, -0.25) is 25.0 Å². The zero-order valence-corrected chi connectivity index (χ0v) is 14.9. The second-order valence-corrected chi connectivity index (χ2v) is 6.66. The van der Waals surface area contributed by atoms with E-state index in [1.807, 2.05) is 0 Å². The Labute approximate surface area is 160 Å². The van der Waals surface area contributed by atoms with Crippen molar-refractivity contribution in [2.24, 2.45) is 5.10 Å². The standard InChI is InChI=1S/C16H9ClN4O5S/c17-14-12-5-4-11(21(25)26)7-13(12)27-15(14)16(22)19-18-8-9-2-1-3-10(6-9)20(23)24/h1-8H,(H,19,22)/b18-8-. The first-order valence-corrected chi connectivity index (χ1v) is 8.50. The van der Waals surface area contributed by atoms with Crippen LogP contribution in [-0.4, -0.2) is 22.0 Å². The molecule has 1 N–H and O–H groups in total. The van der Waals surface area contributed by atoms with E-state index in [9.17, 15) is 25.0 Å². The van der Waals surface area contributed by atoms with Gasteiger partial charge in [-0.1, -0.05) is 23.7 Å². The highest BCUT2D eigenvalue weighted by atomic mass is 35.5. The van der Waals surface area contributed by atoms with Crippen LogP contribution in [0.1, 0.15) is 15.2 Å². The number of benzene rings is 2. The van der Waals surface area contributed by atoms with Crippen molar-refractivity contribution in [1.82, 2.24) is 5.43 Å². The van der Waals surface area contributed by atoms with Gasteiger partial charge < -0.3 is 0 Å². The van der Waals surface area contributed by atoms with E-state index in [1.54, 1.807) is 6.07 Å². The average Bonchev–Trinajstić information content (AvgIpc) is 2.98. The molecule has 0 unspecified atom stereocenters. The van der Waals surface area contributed by atoms with Crippen LogP contribution in [0.2, 0.25) is 5.02 Å². The monoisotopic (exact) mass is 404 g/mol. The summed E-state index contributed by atoms with van der Waals surface area (Å²) in [6, 6.07) is 9.87. The van der Waals surface area contributed by atoms with Gasteiger partial charge in [0.05, 0.1) is 21.1 Å². The van der Waals surface area contributed by atoms with Crippen LogP contribution in [-0.2, 0) is 0 Å². The number of hydrogen-bond acceptors (Lipinski definition) is 7. The summed E-state index contributed by atoms with van der Waals surface area (Å²) in [7, 11) is 0. The van der Waals surface area contributed by atoms with E-state index in [0.717, 1.165) is 11.3 Å². The summed E-state index contributed by atoms with van der Waals surface area (Å²) in [5, 5.41) is 26.1. The minimum atomic E-state index is -0.592. The van der Waals surface area contributed by atoms with Crippen LogP contribution in [0.5, 0.6) is 0 Å². The Bertz CT molecular complexity index is 1110. The van der Waals surface area contributed by atoms with Crippen molar-refractivity contribution >= 4 is 56.5 Å². The predicted octanol–water partition coefficient (Wildman–Crippen LogP) is 4.14. The van der Waals surface area contributed by atoms with Gasteiger partial charge in [0.1, 0.15) is 4.88 Å². The van der Waals surface area contributed by atoms with Crippen LogP contribution in [0.3, 0.4) is 0 Å². The molecule has 0 spiro atoms. The molecule has 0 atom stereocenters. The van der Waals surface area contributed by atoms with Crippen LogP contribution >= 0.6 is 22.9 Å². The van der Waals surface area contributed by atoms with E-state index in [1.165, 1.54) is 42.6 Å². The quantitative estimate of drug-likeness (QED) is 0.388. The first kappa shape index (κ1) is 18.4. The Kier molecular flexibility index (Phi) is 5.10. The fourth-order valence-electron chi connectivity index (χ4n) is 2.25. The van der Waals surface area contributed by atoms with Crippen LogP contribution in [0.4, 0.5) is 11.4 Å². The second-order valence-electron chi connectivity index (χ2n) is 5.23. The number of halogens is 1. The molecule has 0 aliphatic heterocycles. The molecule has 27 heavy (non-hydrogen) atoms. The SMILES string of the molecule is O=C(N/N=C\c1cccc([N+](=O)[O-])c1)c1sc2cc([N+](=O)[O-])ccc2c1Cl. The van der Waals surface area contributed by atoms with Crippen molar-refractivity contribution in [2.75, 3.05) is 0 Å². The Morgan fingerprint density at radius 1 is 1.11 bits per heavy atom. The number of nitro groups is 2. The van der Waals surface area contributed by atoms with E-state index >= 15 is 0 Å². The van der Waals surface area contributed by atoms with Crippen LogP contribution in [0.25, 0.3) is 10.1 Å². The third-order valence-corrected chi connectivity index (χ3v) is 5.15. The molecule has 2 aromatic carbocycles. The number of nitrogens with one attached hydrogen (secondary N) is 1. The maximum Gasteiger partial charge on any atom is 0.283 e. The normalized spacial score (nSPS) is 11.0. The summed E-state index contributed by atoms with van der Waals surface area (Å²) < 4.78 is 0.502. The molecule has 0 bridgehead atoms. The van der Waals surface area contributed by atoms with Crippen molar-refractivity contribution in [1.29, 1.82) is 0 Å². The summed E-state index contributed by atoms with van der Waals surface area (Å²) in [6.07, 6.45) is 1.26. The highest BCUT2D eigenvalue weighted by Crippen LogP contribution is 2.37. The minimum absolute atomic E-state index is 0.0978. The molecule has 3 aromatic rings. The van der Waals surface area contributed by atoms with Gasteiger partial charge in [0.25, 0.3) is 17.3 Å². The summed E-state index contributed by atoms with van der Waals surface area (Å²) in [6.45, 7) is 0. The van der Waals surface area contributed by atoms with Crippen molar-refractivity contribution in [2.45, 2.75) is 0 Å². The lowest BCUT2D eigenvalue weighted by Crippen LogP contribution is -2.16. The highest BCUT2D eigenvalue weighted by molar-refractivity contribution is 7.21. The van der Waals surface area contributed by atoms with Crippen LogP contribution < -0.4 is 5.43 Å². The lowest BCUT2D eigenvalue weighted by atomic mass is 10.2. The first-order valence-electron chi connectivity index (χ1n) is 7.31. The molecule has 0 radical (unpaired) electrons. The zero-order valence-electron chi connectivity index (χ0n) is 13.3. The summed E-state index contributed by atoms with van der Waals surface area (Å²) in [5.41, 5.74) is 2.52. The number of amides is 1. The van der Waals surface area contributed by atoms with Gasteiger partial charge >= 0.3 is 0 Å². The van der Waals surface area contributed by atoms with Gasteiger partial charge in [-0.15, -0.1) is 11.3 Å². The van der Waals surface area contributed by atoms with E-state index in [4.69, 9.17) is 11.6 Å². The minimum Gasteiger partial charge on any atom is -0.266 e. The number of nitro benzene ring substituents is 2. The molecule has 1 amide bonds. The number of thiophene rings is 1. The third-order valence-electron chi connectivity index (χ3n) is 3.49. The number of fused-ring (bicyclic) bond motifs is 1. The summed E-state index contributed by atoms with van der Waals surface area (Å²) in [5.74, 6) is -0.592. The number of carbonyl (C=O) groups is 1. The summed E-state index contributed by atoms with van der Waals surface area (Å²) >= 11 is 7.19. The third kappa shape index (κ3) is 3.91. The summed E-state index contributed by atoms with van der Waals surface area (Å²) in [4.78, 5) is 33.0. The lowest BCUT2D eigenvalue weighted by molar-refractivity contribution is -0.385. The van der Waals surface area contributed by atoms with Crippen molar-refractivity contribution in [3.63, 3.8) is 0 Å². The van der Waals surface area contributed by atoms with E-state index in [0.29, 0.717) is 15.6 Å². The number of non-ortho nitro benzene ring substituents is 2. The molecule has 1 aromatic heterocycles. The van der Waals surface area contributed by atoms with Crippen molar-refractivity contribution < 1.29 is 14.6 Å². The van der Waals surface area contributed by atoms with Gasteiger partial charge in [-0.2, -0.15) is 5.10 Å². The predicted molar refractivity (Wildman–Crippen MR) is 102 cm³/mol. The molecule has 11 heteroatoms. The molecule has 0 saturated carbocycles. The smallest absolute Gasteiger partial charge is 0.266 e. The van der Waals surface area contributed by atoms with Crippen molar-refractivity contribution in [3.05, 3.63) is 78.2 Å². The molecular formula is C16H9ClN4O5S. The molecule has 0 saturated heterocycles. The maximum atomic E-state index is 12.3. The number of nitrogens with zero attached hydrogens (tertiary/aromatic N) is 3. The average molecular weight is 405 g/mol. The fourth-order valence-corrected chi connectivity index (χ4v) is 3.69. The molecule has 0 aliphatic carbocycles. The molecule has 1 heterocycles. The largest absolute Gasteiger partial charge is 0.283 e. The Morgan fingerprint density at radius 3 is 2.52 bits per heavy atom. The van der Waals surface area contributed by atoms with Crippen molar-refractivity contribution in [3.8, 4) is 0 Å². The van der Waals surface area contributed by atoms with Gasteiger partial charge in [0, 0.05) is 39.9 Å². The molecular weight excluding hydrogens is 396 g/mol. The van der Waals surface area contributed by atoms with Gasteiger partial charge in [0.2, 0.25) is 0 Å². The molecule has 9 nitrogen and oxygen atoms in total. The van der Waals surface area contributed by atoms with E-state index in [-0.39, 0.29) is 21.3 Å². The van der Waals surface area contributed by atoms with Crippen LogP contribution in [0, 0.1) is 20.2 Å². The lowest BCUT2D eigenvalue weighted by Gasteiger charge is -1.97. The first-order chi connectivity index (χ1) is 12.9. The Morgan fingerprint density at radius 2 is 1.81 bits per heavy atom. The molecule has 0 fully saturated rings. The number of carbonyl (C=O) groups excluding carboxylic acids is 1. The topological polar surface area (TPSA) is 128 Å².